The number of methoxy groups -OCH3 is 1. The van der Waals surface area contributed by atoms with Crippen LogP contribution in [0.1, 0.15) is 34.9 Å². The van der Waals surface area contributed by atoms with E-state index < -0.39 is 0 Å². The molecule has 6 nitrogen and oxygen atoms in total. The van der Waals surface area contributed by atoms with Crippen molar-refractivity contribution >= 4 is 16.8 Å². The molecule has 2 aliphatic rings. The fourth-order valence-corrected chi connectivity index (χ4v) is 4.13. The fraction of sp³-hybridized carbons (Fsp3) is 0.318. The molecule has 0 radical (unpaired) electrons. The molecule has 1 N–H and O–H groups in total. The van der Waals surface area contributed by atoms with Gasteiger partial charge in [0, 0.05) is 23.5 Å². The Labute approximate surface area is 163 Å². The van der Waals surface area contributed by atoms with Crippen molar-refractivity contribution in [3.8, 4) is 17.2 Å². The van der Waals surface area contributed by atoms with Crippen LogP contribution in [-0.2, 0) is 0 Å². The molecular formula is C22H22N2O4. The average molecular weight is 378 g/mol. The van der Waals surface area contributed by atoms with E-state index in [-0.39, 0.29) is 11.9 Å². The summed E-state index contributed by atoms with van der Waals surface area (Å²) >= 11 is 0. The van der Waals surface area contributed by atoms with Gasteiger partial charge in [-0.3, -0.25) is 4.79 Å². The number of aromatic nitrogens is 1. The zero-order chi connectivity index (χ0) is 19.1. The number of fused-ring (bicyclic) bond motifs is 2. The third kappa shape index (κ3) is 2.85. The van der Waals surface area contributed by atoms with Gasteiger partial charge < -0.3 is 24.1 Å². The second-order valence-electron chi connectivity index (χ2n) is 7.20. The third-order valence-corrected chi connectivity index (χ3v) is 5.52. The van der Waals surface area contributed by atoms with E-state index in [9.17, 15) is 4.79 Å². The van der Waals surface area contributed by atoms with E-state index >= 15 is 0 Å². The highest BCUT2D eigenvalue weighted by molar-refractivity contribution is 5.98. The number of amides is 1. The van der Waals surface area contributed by atoms with Crippen LogP contribution in [-0.4, -0.2) is 42.7 Å². The lowest BCUT2D eigenvalue weighted by Gasteiger charge is -2.26. The van der Waals surface area contributed by atoms with Crippen molar-refractivity contribution in [3.63, 3.8) is 0 Å². The Morgan fingerprint density at radius 2 is 1.96 bits per heavy atom. The number of carbonyl (C=O) groups is 1. The van der Waals surface area contributed by atoms with E-state index in [1.54, 1.807) is 7.11 Å². The second-order valence-corrected chi connectivity index (χ2v) is 7.20. The lowest BCUT2D eigenvalue weighted by atomic mass is 10.0. The minimum absolute atomic E-state index is 0.0209. The largest absolute Gasteiger partial charge is 0.497 e. The van der Waals surface area contributed by atoms with Crippen LogP contribution in [0.5, 0.6) is 17.2 Å². The van der Waals surface area contributed by atoms with Crippen LogP contribution >= 0.6 is 0 Å². The van der Waals surface area contributed by atoms with E-state index in [2.05, 4.69) is 4.98 Å². The summed E-state index contributed by atoms with van der Waals surface area (Å²) in [5.74, 6) is 2.33. The third-order valence-electron chi connectivity index (χ3n) is 5.52. The smallest absolute Gasteiger partial charge is 0.270 e. The predicted octanol–water partition coefficient (Wildman–Crippen LogP) is 3.93. The molecule has 1 unspecified atom stereocenters. The summed E-state index contributed by atoms with van der Waals surface area (Å²) in [6.07, 6.45) is 1.93. The van der Waals surface area contributed by atoms with Crippen molar-refractivity contribution in [2.45, 2.75) is 18.9 Å². The molecule has 0 spiro atoms. The Hall–Kier alpha value is -3.15. The van der Waals surface area contributed by atoms with Crippen molar-refractivity contribution in [1.29, 1.82) is 0 Å². The van der Waals surface area contributed by atoms with Crippen LogP contribution in [0.3, 0.4) is 0 Å². The van der Waals surface area contributed by atoms with Crippen LogP contribution in [0.4, 0.5) is 0 Å². The molecule has 1 amide bonds. The molecule has 144 valence electrons. The van der Waals surface area contributed by atoms with Gasteiger partial charge in [0.05, 0.1) is 13.2 Å². The number of aromatic amines is 1. The summed E-state index contributed by atoms with van der Waals surface area (Å²) in [5.41, 5.74) is 2.60. The molecule has 0 aliphatic carbocycles. The summed E-state index contributed by atoms with van der Waals surface area (Å²) in [7, 11) is 1.64. The first-order valence-corrected chi connectivity index (χ1v) is 9.60. The maximum Gasteiger partial charge on any atom is 0.270 e. The zero-order valence-electron chi connectivity index (χ0n) is 15.7. The van der Waals surface area contributed by atoms with Crippen LogP contribution in [0.2, 0.25) is 0 Å². The minimum Gasteiger partial charge on any atom is -0.497 e. The summed E-state index contributed by atoms with van der Waals surface area (Å²) in [6, 6.07) is 13.7. The molecule has 1 atom stereocenters. The number of hydrogen-bond donors (Lipinski definition) is 1. The topological polar surface area (TPSA) is 63.8 Å². The molecule has 1 fully saturated rings. The van der Waals surface area contributed by atoms with Crippen molar-refractivity contribution in [3.05, 3.63) is 53.7 Å². The summed E-state index contributed by atoms with van der Waals surface area (Å²) in [5, 5.41) is 0.999. The first-order chi connectivity index (χ1) is 13.7. The highest BCUT2D eigenvalue weighted by atomic mass is 16.6. The molecule has 0 saturated carbocycles. The number of rotatable bonds is 3. The zero-order valence-corrected chi connectivity index (χ0v) is 15.7. The van der Waals surface area contributed by atoms with Gasteiger partial charge in [-0.15, -0.1) is 0 Å². The standard InChI is InChI=1S/C22H22N2O4/c1-26-16-6-4-14-11-18(23-17(14)13-16)22(25)24-8-2-3-19(24)15-5-7-20-21(12-15)28-10-9-27-20/h4-7,11-13,19,23H,2-3,8-10H2,1H3. The van der Waals surface area contributed by atoms with Gasteiger partial charge in [0.25, 0.3) is 5.91 Å². The second kappa shape index (κ2) is 6.78. The predicted molar refractivity (Wildman–Crippen MR) is 105 cm³/mol. The summed E-state index contributed by atoms with van der Waals surface area (Å²) < 4.78 is 16.6. The highest BCUT2D eigenvalue weighted by Gasteiger charge is 2.32. The van der Waals surface area contributed by atoms with Crippen molar-refractivity contribution < 1.29 is 19.0 Å². The van der Waals surface area contributed by atoms with E-state index in [0.29, 0.717) is 18.9 Å². The van der Waals surface area contributed by atoms with Crippen molar-refractivity contribution in [2.75, 3.05) is 26.9 Å². The van der Waals surface area contributed by atoms with E-state index in [4.69, 9.17) is 14.2 Å². The molecule has 28 heavy (non-hydrogen) atoms. The average Bonchev–Trinajstić information content (AvgIpc) is 3.39. The van der Waals surface area contributed by atoms with Gasteiger partial charge in [-0.2, -0.15) is 0 Å². The number of carbonyl (C=O) groups excluding carboxylic acids is 1. The lowest BCUT2D eigenvalue weighted by molar-refractivity contribution is 0.0730. The van der Waals surface area contributed by atoms with Crippen LogP contribution in [0.15, 0.2) is 42.5 Å². The number of nitrogens with one attached hydrogen (secondary N) is 1. The normalized spacial score (nSPS) is 18.5. The summed E-state index contributed by atoms with van der Waals surface area (Å²) in [6.45, 7) is 1.88. The minimum atomic E-state index is 0.0209. The van der Waals surface area contributed by atoms with Crippen LogP contribution < -0.4 is 14.2 Å². The molecule has 1 aromatic heterocycles. The van der Waals surface area contributed by atoms with Crippen molar-refractivity contribution in [2.24, 2.45) is 0 Å². The first-order valence-electron chi connectivity index (χ1n) is 9.60. The van der Waals surface area contributed by atoms with Crippen molar-refractivity contribution in [1.82, 2.24) is 9.88 Å². The molecule has 0 bridgehead atoms. The quantitative estimate of drug-likeness (QED) is 0.750. The number of benzene rings is 2. The number of nitrogens with zero attached hydrogens (tertiary/aromatic N) is 1. The molecule has 1 saturated heterocycles. The first kappa shape index (κ1) is 17.0. The van der Waals surface area contributed by atoms with Gasteiger partial charge >= 0.3 is 0 Å². The number of ether oxygens (including phenoxy) is 3. The molecule has 3 heterocycles. The molecule has 5 rings (SSSR count). The Morgan fingerprint density at radius 3 is 2.82 bits per heavy atom. The van der Waals surface area contributed by atoms with Crippen LogP contribution in [0.25, 0.3) is 10.9 Å². The number of H-pyrrole nitrogens is 1. The highest BCUT2D eigenvalue weighted by Crippen LogP contribution is 2.38. The Balaban J connectivity index is 1.44. The Kier molecular flexibility index (Phi) is 4.11. The molecule has 2 aliphatic heterocycles. The van der Waals surface area contributed by atoms with Gasteiger partial charge in [-0.25, -0.2) is 0 Å². The van der Waals surface area contributed by atoms with Gasteiger partial charge in [-0.1, -0.05) is 6.07 Å². The van der Waals surface area contributed by atoms with Gasteiger partial charge in [0.2, 0.25) is 0 Å². The Morgan fingerprint density at radius 1 is 1.11 bits per heavy atom. The number of likely N-dealkylation sites (tertiary alicyclic amines) is 1. The Bertz CT molecular complexity index is 1040. The SMILES string of the molecule is COc1ccc2cc(C(=O)N3CCCC3c3ccc4c(c3)OCCO4)[nH]c2c1. The van der Waals surface area contributed by atoms with E-state index in [0.717, 1.165) is 53.1 Å². The van der Waals surface area contributed by atoms with Gasteiger partial charge in [-0.05, 0) is 48.7 Å². The van der Waals surface area contributed by atoms with E-state index in [1.165, 1.54) is 0 Å². The number of hydrogen-bond acceptors (Lipinski definition) is 4. The lowest BCUT2D eigenvalue weighted by Crippen LogP contribution is -2.30. The fourth-order valence-electron chi connectivity index (χ4n) is 4.13. The van der Waals surface area contributed by atoms with E-state index in [1.807, 2.05) is 47.4 Å². The molecule has 2 aromatic carbocycles. The summed E-state index contributed by atoms with van der Waals surface area (Å²) in [4.78, 5) is 18.5. The van der Waals surface area contributed by atoms with Gasteiger partial charge in [0.15, 0.2) is 11.5 Å². The maximum absolute atomic E-state index is 13.3. The van der Waals surface area contributed by atoms with Gasteiger partial charge in [0.1, 0.15) is 24.7 Å². The maximum atomic E-state index is 13.3. The monoisotopic (exact) mass is 378 g/mol. The van der Waals surface area contributed by atoms with Crippen LogP contribution in [0, 0.1) is 0 Å². The molecular weight excluding hydrogens is 356 g/mol. The molecule has 3 aromatic rings. The molecule has 6 heteroatoms.